The average molecular weight is 420 g/mol. The second-order valence-corrected chi connectivity index (χ2v) is 8.67. The summed E-state index contributed by atoms with van der Waals surface area (Å²) in [5.41, 5.74) is 2.08. The minimum Gasteiger partial charge on any atom is -0.354 e. The molecular weight excluding hydrogens is 404 g/mol. The number of pyridine rings is 2. The zero-order chi connectivity index (χ0) is 21.4. The smallest absolute Gasteiger partial charge is 0.354 e. The first-order chi connectivity index (χ1) is 14.2. The van der Waals surface area contributed by atoms with Crippen LogP contribution in [0.15, 0.2) is 58.1 Å². The third-order valence-corrected chi connectivity index (χ3v) is 6.41. The SMILES string of the molecule is Cc1ccc(C)c2c(=O)c3cc4c(cc3[nH]c12)c(=O)c1ccccc1n4S(=O)(=O)O. The largest absolute Gasteiger partial charge is 0.364 e. The van der Waals surface area contributed by atoms with Crippen LogP contribution in [0.4, 0.5) is 0 Å². The van der Waals surface area contributed by atoms with Gasteiger partial charge in [0.05, 0.1) is 22.1 Å². The van der Waals surface area contributed by atoms with Gasteiger partial charge in [-0.2, -0.15) is 8.42 Å². The predicted octanol–water partition coefficient (Wildman–Crippen LogP) is 3.42. The van der Waals surface area contributed by atoms with Crippen molar-refractivity contribution in [2.75, 3.05) is 0 Å². The van der Waals surface area contributed by atoms with Crippen LogP contribution in [-0.4, -0.2) is 21.9 Å². The second-order valence-electron chi connectivity index (χ2n) is 7.41. The van der Waals surface area contributed by atoms with Crippen LogP contribution < -0.4 is 10.9 Å². The third-order valence-electron chi connectivity index (χ3n) is 5.55. The minimum atomic E-state index is -4.75. The molecule has 0 radical (unpaired) electrons. The molecule has 0 amide bonds. The Hall–Kier alpha value is -3.49. The number of aromatic nitrogens is 2. The highest BCUT2D eigenvalue weighted by molar-refractivity contribution is 7.84. The van der Waals surface area contributed by atoms with Crippen LogP contribution in [0.3, 0.4) is 0 Å². The lowest BCUT2D eigenvalue weighted by Crippen LogP contribution is -2.18. The van der Waals surface area contributed by atoms with Gasteiger partial charge in [-0.15, -0.1) is 0 Å². The predicted molar refractivity (Wildman–Crippen MR) is 118 cm³/mol. The number of nitrogens with one attached hydrogen (secondary N) is 1. The Labute approximate surface area is 170 Å². The first kappa shape index (κ1) is 18.5. The fourth-order valence-corrected chi connectivity index (χ4v) is 4.94. The van der Waals surface area contributed by atoms with Crippen molar-refractivity contribution in [1.29, 1.82) is 0 Å². The molecule has 30 heavy (non-hydrogen) atoms. The lowest BCUT2D eigenvalue weighted by Gasteiger charge is -2.14. The molecule has 0 aliphatic heterocycles. The Bertz CT molecular complexity index is 1780. The maximum absolute atomic E-state index is 13.3. The van der Waals surface area contributed by atoms with Gasteiger partial charge in [0.2, 0.25) is 0 Å². The number of hydrogen-bond acceptors (Lipinski definition) is 4. The van der Waals surface area contributed by atoms with E-state index >= 15 is 0 Å². The Morgan fingerprint density at radius 3 is 2.27 bits per heavy atom. The molecule has 0 fully saturated rings. The van der Waals surface area contributed by atoms with E-state index in [-0.39, 0.29) is 38.0 Å². The Morgan fingerprint density at radius 1 is 0.833 bits per heavy atom. The molecule has 2 heterocycles. The summed E-state index contributed by atoms with van der Waals surface area (Å²) >= 11 is 0. The van der Waals surface area contributed by atoms with E-state index in [1.165, 1.54) is 24.3 Å². The zero-order valence-corrected chi connectivity index (χ0v) is 16.9. The molecule has 0 aliphatic rings. The van der Waals surface area contributed by atoms with Gasteiger partial charge in [-0.1, -0.05) is 24.3 Å². The number of aromatic amines is 1. The summed E-state index contributed by atoms with van der Waals surface area (Å²) in [5, 5.41) is 0.968. The molecule has 0 unspecified atom stereocenters. The molecule has 0 saturated heterocycles. The maximum atomic E-state index is 13.3. The van der Waals surface area contributed by atoms with Crippen LogP contribution >= 0.6 is 0 Å². The highest BCUT2D eigenvalue weighted by Gasteiger charge is 2.20. The topological polar surface area (TPSA) is 109 Å². The summed E-state index contributed by atoms with van der Waals surface area (Å²) < 4.78 is 35.1. The number of aryl methyl sites for hydroxylation is 2. The second kappa shape index (κ2) is 6.01. The van der Waals surface area contributed by atoms with Crippen LogP contribution in [0.1, 0.15) is 11.1 Å². The molecule has 150 valence electrons. The van der Waals surface area contributed by atoms with E-state index in [0.29, 0.717) is 20.4 Å². The molecular formula is C22H16N2O5S. The van der Waals surface area contributed by atoms with Gasteiger partial charge in [0.25, 0.3) is 0 Å². The molecule has 7 nitrogen and oxygen atoms in total. The molecule has 0 spiro atoms. The van der Waals surface area contributed by atoms with Crippen LogP contribution in [0.2, 0.25) is 0 Å². The van der Waals surface area contributed by atoms with Gasteiger partial charge >= 0.3 is 10.3 Å². The van der Waals surface area contributed by atoms with Crippen molar-refractivity contribution in [2.24, 2.45) is 0 Å². The van der Waals surface area contributed by atoms with Gasteiger partial charge in [0.1, 0.15) is 0 Å². The highest BCUT2D eigenvalue weighted by Crippen LogP contribution is 2.26. The Kier molecular flexibility index (Phi) is 3.71. The summed E-state index contributed by atoms with van der Waals surface area (Å²) in [5.74, 6) is 0. The summed E-state index contributed by atoms with van der Waals surface area (Å²) in [7, 11) is -4.75. The fourth-order valence-electron chi connectivity index (χ4n) is 4.13. The van der Waals surface area contributed by atoms with Crippen LogP contribution in [-0.2, 0) is 10.3 Å². The molecule has 0 atom stereocenters. The van der Waals surface area contributed by atoms with Crippen LogP contribution in [0.25, 0.3) is 43.6 Å². The van der Waals surface area contributed by atoms with Gasteiger partial charge < -0.3 is 4.98 Å². The number of H-pyrrole nitrogens is 1. The standard InChI is InChI=1S/C22H16N2O5S/c1-11-7-8-12(2)20-19(11)22(26)14-10-18-15(9-16(14)23-20)21(25)13-5-3-4-6-17(13)24(18)30(27,28)29/h3-10H,1-2H3,(H,23,26)(H,27,28,29). The summed E-state index contributed by atoms with van der Waals surface area (Å²) in [4.78, 5) is 29.6. The number of para-hydroxylation sites is 1. The summed E-state index contributed by atoms with van der Waals surface area (Å²) in [6.07, 6.45) is 0. The van der Waals surface area contributed by atoms with Gasteiger partial charge in [0, 0.05) is 21.5 Å². The highest BCUT2D eigenvalue weighted by atomic mass is 32.2. The van der Waals surface area contributed by atoms with E-state index in [0.717, 1.165) is 11.1 Å². The number of rotatable bonds is 1. The molecule has 2 N–H and O–H groups in total. The third kappa shape index (κ3) is 2.44. The van der Waals surface area contributed by atoms with Crippen molar-refractivity contribution < 1.29 is 13.0 Å². The molecule has 5 rings (SSSR count). The first-order valence-electron chi connectivity index (χ1n) is 9.20. The van der Waals surface area contributed by atoms with Crippen molar-refractivity contribution in [2.45, 2.75) is 13.8 Å². The van der Waals surface area contributed by atoms with Crippen molar-refractivity contribution >= 4 is 53.9 Å². The van der Waals surface area contributed by atoms with Crippen molar-refractivity contribution in [3.05, 3.63) is 80.1 Å². The normalized spacial score (nSPS) is 12.4. The van der Waals surface area contributed by atoms with Gasteiger partial charge in [-0.3, -0.25) is 14.1 Å². The number of fused-ring (bicyclic) bond motifs is 4. The van der Waals surface area contributed by atoms with Crippen LogP contribution in [0, 0.1) is 13.8 Å². The number of benzene rings is 3. The number of nitrogens with zero attached hydrogens (tertiary/aromatic N) is 1. The zero-order valence-electron chi connectivity index (χ0n) is 16.1. The molecule has 0 saturated carbocycles. The fraction of sp³-hybridized carbons (Fsp3) is 0.0909. The number of hydrogen-bond donors (Lipinski definition) is 2. The molecule has 8 heteroatoms. The molecule has 3 aromatic carbocycles. The first-order valence-corrected chi connectivity index (χ1v) is 10.6. The Balaban J connectivity index is 2.14. The average Bonchev–Trinajstić information content (AvgIpc) is 2.69. The lowest BCUT2D eigenvalue weighted by atomic mass is 10.0. The van der Waals surface area contributed by atoms with E-state index in [4.69, 9.17) is 0 Å². The Morgan fingerprint density at radius 2 is 1.53 bits per heavy atom. The van der Waals surface area contributed by atoms with E-state index in [2.05, 4.69) is 4.98 Å². The summed E-state index contributed by atoms with van der Waals surface area (Å²) in [6, 6.07) is 12.7. The van der Waals surface area contributed by atoms with Gasteiger partial charge in [-0.05, 0) is 49.2 Å². The monoisotopic (exact) mass is 420 g/mol. The van der Waals surface area contributed by atoms with E-state index in [1.54, 1.807) is 12.1 Å². The van der Waals surface area contributed by atoms with E-state index in [9.17, 15) is 22.6 Å². The van der Waals surface area contributed by atoms with Crippen molar-refractivity contribution in [1.82, 2.24) is 8.96 Å². The van der Waals surface area contributed by atoms with E-state index in [1.807, 2.05) is 26.0 Å². The van der Waals surface area contributed by atoms with Gasteiger partial charge in [-0.25, -0.2) is 3.97 Å². The minimum absolute atomic E-state index is 0.0427. The maximum Gasteiger partial charge on any atom is 0.364 e. The van der Waals surface area contributed by atoms with Gasteiger partial charge in [0.15, 0.2) is 10.9 Å². The molecule has 2 aromatic heterocycles. The van der Waals surface area contributed by atoms with Crippen molar-refractivity contribution in [3.8, 4) is 0 Å². The summed E-state index contributed by atoms with van der Waals surface area (Å²) in [6.45, 7) is 3.70. The molecule has 0 bridgehead atoms. The van der Waals surface area contributed by atoms with Crippen molar-refractivity contribution in [3.63, 3.8) is 0 Å². The lowest BCUT2D eigenvalue weighted by molar-refractivity contribution is 0.476. The van der Waals surface area contributed by atoms with E-state index < -0.39 is 10.3 Å². The molecule has 5 aromatic rings. The molecule has 0 aliphatic carbocycles. The van der Waals surface area contributed by atoms with Crippen LogP contribution in [0.5, 0.6) is 0 Å². The quantitative estimate of drug-likeness (QED) is 0.319.